The topological polar surface area (TPSA) is 37.8 Å². The molecule has 0 aliphatic carbocycles. The Morgan fingerprint density at radius 1 is 0.963 bits per heavy atom. The zero-order chi connectivity index (χ0) is 19.1. The van der Waals surface area contributed by atoms with Gasteiger partial charge in [-0.2, -0.15) is 0 Å². The standard InChI is InChI=1S/C24H29N3/c1-23(2,18-13-17-7-5-6-8-21(17)27-14-18)10-11-24(3,4)20-15-25-16-22-19(20)9-12-26-22/h5-8,13-16,26H,9-12H2,1-4H3. The first-order valence-electron chi connectivity index (χ1n) is 9.93. The van der Waals surface area contributed by atoms with E-state index in [0.29, 0.717) is 0 Å². The summed E-state index contributed by atoms with van der Waals surface area (Å²) in [5.74, 6) is 0. The van der Waals surface area contributed by atoms with Gasteiger partial charge >= 0.3 is 0 Å². The summed E-state index contributed by atoms with van der Waals surface area (Å²) in [6.45, 7) is 10.4. The quantitative estimate of drug-likeness (QED) is 0.641. The van der Waals surface area contributed by atoms with Crippen LogP contribution in [0.3, 0.4) is 0 Å². The molecule has 0 fully saturated rings. The summed E-state index contributed by atoms with van der Waals surface area (Å²) in [5, 5.41) is 4.68. The Morgan fingerprint density at radius 3 is 2.59 bits per heavy atom. The number of rotatable bonds is 5. The van der Waals surface area contributed by atoms with Crippen molar-refractivity contribution in [1.29, 1.82) is 0 Å². The van der Waals surface area contributed by atoms with E-state index in [2.05, 4.69) is 79.6 Å². The average Bonchev–Trinajstić information content (AvgIpc) is 3.15. The second-order valence-electron chi connectivity index (χ2n) is 9.07. The molecule has 3 heteroatoms. The Hall–Kier alpha value is -2.42. The number of para-hydroxylation sites is 1. The van der Waals surface area contributed by atoms with Crippen LogP contribution in [-0.4, -0.2) is 16.5 Å². The molecule has 0 saturated carbocycles. The van der Waals surface area contributed by atoms with Gasteiger partial charge in [0.15, 0.2) is 0 Å². The lowest BCUT2D eigenvalue weighted by molar-refractivity contribution is 0.373. The molecule has 2 aromatic heterocycles. The molecule has 4 rings (SSSR count). The molecular formula is C24H29N3. The highest BCUT2D eigenvalue weighted by Gasteiger charge is 2.30. The summed E-state index contributed by atoms with van der Waals surface area (Å²) in [4.78, 5) is 9.17. The fourth-order valence-corrected chi connectivity index (χ4v) is 4.16. The van der Waals surface area contributed by atoms with Gasteiger partial charge in [0.05, 0.1) is 17.4 Å². The van der Waals surface area contributed by atoms with Crippen molar-refractivity contribution in [3.05, 3.63) is 65.6 Å². The maximum absolute atomic E-state index is 4.68. The zero-order valence-electron chi connectivity index (χ0n) is 16.8. The van der Waals surface area contributed by atoms with E-state index in [0.717, 1.165) is 31.3 Å². The van der Waals surface area contributed by atoms with E-state index in [1.54, 1.807) is 0 Å². The van der Waals surface area contributed by atoms with Crippen LogP contribution < -0.4 is 5.32 Å². The molecule has 1 N–H and O–H groups in total. The number of nitrogens with zero attached hydrogens (tertiary/aromatic N) is 2. The van der Waals surface area contributed by atoms with Gasteiger partial charge < -0.3 is 5.32 Å². The van der Waals surface area contributed by atoms with Crippen LogP contribution >= 0.6 is 0 Å². The lowest BCUT2D eigenvalue weighted by Crippen LogP contribution is -2.25. The van der Waals surface area contributed by atoms with Gasteiger partial charge in [-0.15, -0.1) is 0 Å². The molecule has 0 radical (unpaired) electrons. The SMILES string of the molecule is CC(C)(CCC(C)(C)c1cncc2c1CCN2)c1cnc2ccccc2c1. The first-order valence-corrected chi connectivity index (χ1v) is 9.93. The molecule has 0 amide bonds. The molecule has 1 aromatic carbocycles. The molecule has 140 valence electrons. The smallest absolute Gasteiger partial charge is 0.0702 e. The number of fused-ring (bicyclic) bond motifs is 2. The lowest BCUT2D eigenvalue weighted by Gasteiger charge is -2.33. The third kappa shape index (κ3) is 3.43. The van der Waals surface area contributed by atoms with Gasteiger partial charge in [-0.3, -0.25) is 9.97 Å². The van der Waals surface area contributed by atoms with Gasteiger partial charge in [-0.1, -0.05) is 45.9 Å². The van der Waals surface area contributed by atoms with Crippen LogP contribution in [0.2, 0.25) is 0 Å². The number of anilines is 1. The summed E-state index contributed by atoms with van der Waals surface area (Å²) in [6, 6.07) is 10.7. The average molecular weight is 360 g/mol. The Labute approximate surface area is 162 Å². The van der Waals surface area contributed by atoms with E-state index in [4.69, 9.17) is 0 Å². The van der Waals surface area contributed by atoms with Crippen LogP contribution in [0.15, 0.2) is 48.9 Å². The van der Waals surface area contributed by atoms with Crippen molar-refractivity contribution in [2.45, 2.75) is 57.8 Å². The number of nitrogens with one attached hydrogen (secondary N) is 1. The first-order chi connectivity index (χ1) is 12.9. The highest BCUT2D eigenvalue weighted by Crippen LogP contribution is 2.39. The maximum Gasteiger partial charge on any atom is 0.0702 e. The van der Waals surface area contributed by atoms with Crippen molar-refractivity contribution >= 4 is 16.6 Å². The number of aromatic nitrogens is 2. The van der Waals surface area contributed by atoms with Crippen molar-refractivity contribution < 1.29 is 0 Å². The highest BCUT2D eigenvalue weighted by molar-refractivity contribution is 5.79. The monoisotopic (exact) mass is 359 g/mol. The van der Waals surface area contributed by atoms with E-state index < -0.39 is 0 Å². The first kappa shape index (κ1) is 18.0. The van der Waals surface area contributed by atoms with E-state index in [-0.39, 0.29) is 10.8 Å². The third-order valence-corrected chi connectivity index (χ3v) is 6.22. The molecule has 1 aliphatic heterocycles. The molecule has 3 nitrogen and oxygen atoms in total. The normalized spacial score (nSPS) is 14.2. The van der Waals surface area contributed by atoms with Crippen LogP contribution in [0.25, 0.3) is 10.9 Å². The fourth-order valence-electron chi connectivity index (χ4n) is 4.16. The zero-order valence-corrected chi connectivity index (χ0v) is 16.8. The Morgan fingerprint density at radius 2 is 1.74 bits per heavy atom. The van der Waals surface area contributed by atoms with E-state index in [9.17, 15) is 0 Å². The van der Waals surface area contributed by atoms with E-state index in [1.807, 2.05) is 12.3 Å². The maximum atomic E-state index is 4.68. The third-order valence-electron chi connectivity index (χ3n) is 6.22. The molecule has 0 saturated heterocycles. The van der Waals surface area contributed by atoms with Crippen LogP contribution in [0, 0.1) is 0 Å². The number of benzene rings is 1. The van der Waals surface area contributed by atoms with E-state index in [1.165, 1.54) is 27.8 Å². The van der Waals surface area contributed by atoms with Crippen LogP contribution in [0.5, 0.6) is 0 Å². The predicted molar refractivity (Wildman–Crippen MR) is 113 cm³/mol. The summed E-state index contributed by atoms with van der Waals surface area (Å²) >= 11 is 0. The fraction of sp³-hybridized carbons (Fsp3) is 0.417. The van der Waals surface area contributed by atoms with Gasteiger partial charge in [0.1, 0.15) is 0 Å². The van der Waals surface area contributed by atoms with Crippen molar-refractivity contribution in [2.75, 3.05) is 11.9 Å². The van der Waals surface area contributed by atoms with Gasteiger partial charge in [0.25, 0.3) is 0 Å². The van der Waals surface area contributed by atoms with Crippen LogP contribution in [0.4, 0.5) is 5.69 Å². The van der Waals surface area contributed by atoms with Gasteiger partial charge in [-0.25, -0.2) is 0 Å². The molecule has 0 atom stereocenters. The van der Waals surface area contributed by atoms with Crippen LogP contribution in [-0.2, 0) is 17.3 Å². The number of pyridine rings is 2. The summed E-state index contributed by atoms with van der Waals surface area (Å²) in [7, 11) is 0. The second kappa shape index (κ2) is 6.63. The molecule has 0 bridgehead atoms. The summed E-state index contributed by atoms with van der Waals surface area (Å²) in [6.07, 6.45) is 9.43. The number of hydrogen-bond acceptors (Lipinski definition) is 3. The molecule has 3 aromatic rings. The lowest BCUT2D eigenvalue weighted by atomic mass is 9.72. The largest absolute Gasteiger partial charge is 0.383 e. The molecule has 27 heavy (non-hydrogen) atoms. The van der Waals surface area contributed by atoms with Crippen molar-refractivity contribution in [3.63, 3.8) is 0 Å². The number of hydrogen-bond donors (Lipinski definition) is 1. The minimum Gasteiger partial charge on any atom is -0.383 e. The van der Waals surface area contributed by atoms with Crippen molar-refractivity contribution in [3.8, 4) is 0 Å². The Balaban J connectivity index is 1.56. The minimum absolute atomic E-state index is 0.0813. The molecular weight excluding hydrogens is 330 g/mol. The summed E-state index contributed by atoms with van der Waals surface area (Å²) < 4.78 is 0. The van der Waals surface area contributed by atoms with Gasteiger partial charge in [-0.05, 0) is 58.9 Å². The van der Waals surface area contributed by atoms with E-state index >= 15 is 0 Å². The van der Waals surface area contributed by atoms with Gasteiger partial charge in [0, 0.05) is 24.3 Å². The second-order valence-corrected chi connectivity index (χ2v) is 9.07. The van der Waals surface area contributed by atoms with Crippen molar-refractivity contribution in [2.24, 2.45) is 0 Å². The van der Waals surface area contributed by atoms with Crippen molar-refractivity contribution in [1.82, 2.24) is 9.97 Å². The minimum atomic E-state index is 0.0813. The Bertz CT molecular complexity index is 972. The van der Waals surface area contributed by atoms with Gasteiger partial charge in [0.2, 0.25) is 0 Å². The molecule has 0 spiro atoms. The Kier molecular flexibility index (Phi) is 4.41. The molecule has 3 heterocycles. The van der Waals surface area contributed by atoms with Crippen LogP contribution in [0.1, 0.15) is 57.2 Å². The molecule has 0 unspecified atom stereocenters. The predicted octanol–water partition coefficient (Wildman–Crippen LogP) is 5.63. The summed E-state index contributed by atoms with van der Waals surface area (Å²) in [5.41, 5.74) is 6.64. The molecule has 1 aliphatic rings. The highest BCUT2D eigenvalue weighted by atomic mass is 14.9.